The van der Waals surface area contributed by atoms with Crippen LogP contribution in [0, 0.1) is 0 Å². The molecule has 2 aromatic rings. The normalized spacial score (nSPS) is 16.5. The molecule has 1 amide bonds. The zero-order valence-electron chi connectivity index (χ0n) is 10.6. The molecule has 0 unspecified atom stereocenters. The van der Waals surface area contributed by atoms with E-state index in [-0.39, 0.29) is 5.91 Å². The number of amides is 1. The maximum absolute atomic E-state index is 12.4. The Morgan fingerprint density at radius 2 is 1.63 bits per heavy atom. The summed E-state index contributed by atoms with van der Waals surface area (Å²) in [5.41, 5.74) is 9.99. The Labute approximate surface area is 112 Å². The van der Waals surface area contributed by atoms with Gasteiger partial charge in [0.1, 0.15) is 0 Å². The van der Waals surface area contributed by atoms with Crippen molar-refractivity contribution in [1.82, 2.24) is 0 Å². The van der Waals surface area contributed by atoms with Gasteiger partial charge in [-0.1, -0.05) is 48.5 Å². The van der Waals surface area contributed by atoms with Crippen LogP contribution >= 0.6 is 0 Å². The number of hydrogen-bond donors (Lipinski definition) is 1. The summed E-state index contributed by atoms with van der Waals surface area (Å²) in [5.74, 6) is -0.0532. The van der Waals surface area contributed by atoms with E-state index in [1.165, 1.54) is 0 Å². The highest BCUT2D eigenvalue weighted by Crippen LogP contribution is 2.38. The number of carbonyl (C=O) groups excluding carboxylic acids is 1. The first-order chi connectivity index (χ1) is 9.20. The number of carbonyl (C=O) groups is 1. The smallest absolute Gasteiger partial charge is 0.260 e. The van der Waals surface area contributed by atoms with E-state index in [0.717, 1.165) is 16.8 Å². The van der Waals surface area contributed by atoms with Crippen molar-refractivity contribution in [3.05, 3.63) is 65.7 Å². The molecule has 2 N–H and O–H groups in total. The molecule has 3 nitrogen and oxygen atoms in total. The summed E-state index contributed by atoms with van der Waals surface area (Å²) in [4.78, 5) is 14.0. The molecule has 1 aliphatic heterocycles. The fourth-order valence-electron chi connectivity index (χ4n) is 2.39. The van der Waals surface area contributed by atoms with Crippen molar-refractivity contribution in [2.24, 2.45) is 5.73 Å². The summed E-state index contributed by atoms with van der Waals surface area (Å²) < 4.78 is 0. The standard InChI is InChI=1S/C16H14N2O/c1-18-13-10-6-5-9-12(13)14(16(18)19)15(17)11-7-3-2-4-8-11/h2-10H,17H2,1H3. The Balaban J connectivity index is 2.23. The third kappa shape index (κ3) is 1.71. The molecule has 1 aliphatic rings. The summed E-state index contributed by atoms with van der Waals surface area (Å²) >= 11 is 0. The molecule has 0 radical (unpaired) electrons. The number of anilines is 1. The van der Waals surface area contributed by atoms with Crippen LogP contribution in [0.3, 0.4) is 0 Å². The van der Waals surface area contributed by atoms with Gasteiger partial charge in [0.15, 0.2) is 0 Å². The largest absolute Gasteiger partial charge is 0.398 e. The van der Waals surface area contributed by atoms with E-state index in [2.05, 4.69) is 0 Å². The van der Waals surface area contributed by atoms with Gasteiger partial charge >= 0.3 is 0 Å². The monoisotopic (exact) mass is 250 g/mol. The SMILES string of the molecule is CN1C(=O)C(=C(N)c2ccccc2)c2ccccc21. The lowest BCUT2D eigenvalue weighted by molar-refractivity contribution is -0.112. The average molecular weight is 250 g/mol. The Morgan fingerprint density at radius 1 is 1.00 bits per heavy atom. The van der Waals surface area contributed by atoms with E-state index in [9.17, 15) is 4.79 Å². The van der Waals surface area contributed by atoms with Crippen LogP contribution in [0.25, 0.3) is 11.3 Å². The molecular formula is C16H14N2O. The molecular weight excluding hydrogens is 236 g/mol. The van der Waals surface area contributed by atoms with Crippen molar-refractivity contribution >= 4 is 22.9 Å². The van der Waals surface area contributed by atoms with Crippen molar-refractivity contribution in [2.75, 3.05) is 11.9 Å². The van der Waals surface area contributed by atoms with Crippen molar-refractivity contribution in [3.8, 4) is 0 Å². The lowest BCUT2D eigenvalue weighted by atomic mass is 10.0. The van der Waals surface area contributed by atoms with E-state index in [4.69, 9.17) is 5.73 Å². The van der Waals surface area contributed by atoms with Crippen LogP contribution in [0.15, 0.2) is 54.6 Å². The van der Waals surface area contributed by atoms with E-state index in [0.29, 0.717) is 11.3 Å². The van der Waals surface area contributed by atoms with Crippen LogP contribution in [0.2, 0.25) is 0 Å². The van der Waals surface area contributed by atoms with Gasteiger partial charge in [-0.15, -0.1) is 0 Å². The topological polar surface area (TPSA) is 46.3 Å². The third-order valence-electron chi connectivity index (χ3n) is 3.41. The van der Waals surface area contributed by atoms with Crippen LogP contribution in [-0.2, 0) is 4.79 Å². The predicted octanol–water partition coefficient (Wildman–Crippen LogP) is 2.49. The molecule has 0 saturated carbocycles. The highest BCUT2D eigenvalue weighted by Gasteiger charge is 2.31. The Bertz CT molecular complexity index is 674. The molecule has 0 aromatic heterocycles. The fraction of sp³-hybridized carbons (Fsp3) is 0.0625. The lowest BCUT2D eigenvalue weighted by Crippen LogP contribution is -2.21. The summed E-state index contributed by atoms with van der Waals surface area (Å²) in [6.45, 7) is 0. The summed E-state index contributed by atoms with van der Waals surface area (Å²) in [5, 5.41) is 0. The molecule has 2 aromatic carbocycles. The van der Waals surface area contributed by atoms with Crippen molar-refractivity contribution in [3.63, 3.8) is 0 Å². The molecule has 0 fully saturated rings. The second-order valence-electron chi connectivity index (χ2n) is 4.54. The Hall–Kier alpha value is -2.55. The van der Waals surface area contributed by atoms with Gasteiger partial charge in [-0.3, -0.25) is 4.79 Å². The quantitative estimate of drug-likeness (QED) is 0.790. The number of rotatable bonds is 1. The van der Waals surface area contributed by atoms with Gasteiger partial charge in [0.05, 0.1) is 17.0 Å². The first-order valence-electron chi connectivity index (χ1n) is 6.13. The number of likely N-dealkylation sites (N-methyl/N-ethyl adjacent to an activating group) is 1. The fourth-order valence-corrected chi connectivity index (χ4v) is 2.39. The van der Waals surface area contributed by atoms with Crippen LogP contribution < -0.4 is 10.6 Å². The Morgan fingerprint density at radius 3 is 2.37 bits per heavy atom. The highest BCUT2D eigenvalue weighted by atomic mass is 16.2. The number of hydrogen-bond acceptors (Lipinski definition) is 2. The van der Waals surface area contributed by atoms with Gasteiger partial charge in [0.25, 0.3) is 5.91 Å². The minimum atomic E-state index is -0.0532. The molecule has 94 valence electrons. The number of para-hydroxylation sites is 1. The molecule has 1 heterocycles. The van der Waals surface area contributed by atoms with Crippen LogP contribution in [0.1, 0.15) is 11.1 Å². The highest BCUT2D eigenvalue weighted by molar-refractivity contribution is 6.37. The minimum Gasteiger partial charge on any atom is -0.398 e. The number of nitrogens with zero attached hydrogens (tertiary/aromatic N) is 1. The molecule has 0 saturated heterocycles. The third-order valence-corrected chi connectivity index (χ3v) is 3.41. The maximum atomic E-state index is 12.4. The zero-order valence-corrected chi connectivity index (χ0v) is 10.6. The van der Waals surface area contributed by atoms with E-state index in [1.807, 2.05) is 54.6 Å². The average Bonchev–Trinajstić information content (AvgIpc) is 2.72. The van der Waals surface area contributed by atoms with Crippen LogP contribution in [-0.4, -0.2) is 13.0 Å². The molecule has 3 heteroatoms. The summed E-state index contributed by atoms with van der Waals surface area (Å²) in [6.07, 6.45) is 0. The molecule has 0 spiro atoms. The molecule has 0 bridgehead atoms. The van der Waals surface area contributed by atoms with Crippen LogP contribution in [0.4, 0.5) is 5.69 Å². The van der Waals surface area contributed by atoms with E-state index in [1.54, 1.807) is 11.9 Å². The van der Waals surface area contributed by atoms with Gasteiger partial charge < -0.3 is 10.6 Å². The first-order valence-corrected chi connectivity index (χ1v) is 6.13. The zero-order chi connectivity index (χ0) is 13.4. The second kappa shape index (κ2) is 4.28. The van der Waals surface area contributed by atoms with Gasteiger partial charge in [-0.05, 0) is 11.6 Å². The van der Waals surface area contributed by atoms with Gasteiger partial charge in [-0.2, -0.15) is 0 Å². The van der Waals surface area contributed by atoms with Crippen molar-refractivity contribution in [1.29, 1.82) is 0 Å². The van der Waals surface area contributed by atoms with Crippen molar-refractivity contribution < 1.29 is 4.79 Å². The van der Waals surface area contributed by atoms with Gasteiger partial charge in [0.2, 0.25) is 0 Å². The predicted molar refractivity (Wildman–Crippen MR) is 77.3 cm³/mol. The van der Waals surface area contributed by atoms with Gasteiger partial charge in [0, 0.05) is 12.6 Å². The Kier molecular flexibility index (Phi) is 2.60. The molecule has 0 aliphatic carbocycles. The molecule has 3 rings (SSSR count). The van der Waals surface area contributed by atoms with Crippen molar-refractivity contribution in [2.45, 2.75) is 0 Å². The van der Waals surface area contributed by atoms with Gasteiger partial charge in [-0.25, -0.2) is 0 Å². The van der Waals surface area contributed by atoms with E-state index < -0.39 is 0 Å². The number of benzene rings is 2. The second-order valence-corrected chi connectivity index (χ2v) is 4.54. The lowest BCUT2D eigenvalue weighted by Gasteiger charge is -2.08. The van der Waals surface area contributed by atoms with Crippen LogP contribution in [0.5, 0.6) is 0 Å². The minimum absolute atomic E-state index is 0.0532. The molecule has 0 atom stereocenters. The number of nitrogens with two attached hydrogens (primary N) is 1. The molecule has 19 heavy (non-hydrogen) atoms. The summed E-state index contributed by atoms with van der Waals surface area (Å²) in [7, 11) is 1.77. The number of fused-ring (bicyclic) bond motifs is 1. The maximum Gasteiger partial charge on any atom is 0.260 e. The first kappa shape index (κ1) is 11.5. The van der Waals surface area contributed by atoms with E-state index >= 15 is 0 Å². The summed E-state index contributed by atoms with van der Waals surface area (Å²) in [6, 6.07) is 17.3.